The van der Waals surface area contributed by atoms with Gasteiger partial charge in [0, 0.05) is 39.2 Å². The predicted octanol–water partition coefficient (Wildman–Crippen LogP) is 3.16. The van der Waals surface area contributed by atoms with Crippen LogP contribution in [0.15, 0.2) is 11.3 Å². The summed E-state index contributed by atoms with van der Waals surface area (Å²) < 4.78 is 7.96. The highest BCUT2D eigenvalue weighted by Gasteiger charge is 2.14. The standard InChI is InChI=1S/C21H40N6O/c1-4-7-10-18(5-2)15-23-21(24-16-19-11-8-9-14-28-19)22-12-13-27-17-25-26-20(27)6-3/h17-19H,4-16H2,1-3H3,(H2,22,23,24). The molecule has 1 aliphatic heterocycles. The topological polar surface area (TPSA) is 76.4 Å². The minimum Gasteiger partial charge on any atom is -0.376 e. The first-order valence-electron chi connectivity index (χ1n) is 11.3. The molecule has 1 saturated heterocycles. The van der Waals surface area contributed by atoms with Gasteiger partial charge in [-0.3, -0.25) is 4.99 Å². The third-order valence-electron chi connectivity index (χ3n) is 5.48. The van der Waals surface area contributed by atoms with E-state index in [-0.39, 0.29) is 0 Å². The lowest BCUT2D eigenvalue weighted by Crippen LogP contribution is -2.43. The van der Waals surface area contributed by atoms with Gasteiger partial charge < -0.3 is 19.9 Å². The van der Waals surface area contributed by atoms with Crippen LogP contribution in [0.5, 0.6) is 0 Å². The third-order valence-corrected chi connectivity index (χ3v) is 5.48. The van der Waals surface area contributed by atoms with E-state index in [0.717, 1.165) is 57.4 Å². The van der Waals surface area contributed by atoms with Crippen molar-refractivity contribution in [2.45, 2.75) is 84.8 Å². The van der Waals surface area contributed by atoms with Crippen LogP contribution in [-0.4, -0.2) is 53.1 Å². The maximum Gasteiger partial charge on any atom is 0.191 e. The number of ether oxygens (including phenoxy) is 1. The van der Waals surface area contributed by atoms with E-state index in [9.17, 15) is 0 Å². The fraction of sp³-hybridized carbons (Fsp3) is 0.857. The molecule has 2 rings (SSSR count). The largest absolute Gasteiger partial charge is 0.376 e. The Morgan fingerprint density at radius 2 is 2.21 bits per heavy atom. The number of unbranched alkanes of at least 4 members (excludes halogenated alkanes) is 1. The Balaban J connectivity index is 1.86. The lowest BCUT2D eigenvalue weighted by Gasteiger charge is -2.24. The van der Waals surface area contributed by atoms with Crippen LogP contribution in [0.1, 0.15) is 71.5 Å². The predicted molar refractivity (Wildman–Crippen MR) is 115 cm³/mol. The number of aryl methyl sites for hydroxylation is 1. The van der Waals surface area contributed by atoms with Crippen LogP contribution in [0.4, 0.5) is 0 Å². The van der Waals surface area contributed by atoms with Gasteiger partial charge in [-0.05, 0) is 31.6 Å². The second-order valence-corrected chi connectivity index (χ2v) is 7.70. The zero-order valence-corrected chi connectivity index (χ0v) is 18.1. The number of nitrogens with one attached hydrogen (secondary N) is 2. The van der Waals surface area contributed by atoms with Crippen LogP contribution in [0.3, 0.4) is 0 Å². The van der Waals surface area contributed by atoms with Crippen LogP contribution in [0.25, 0.3) is 0 Å². The molecule has 0 radical (unpaired) electrons. The molecule has 2 unspecified atom stereocenters. The van der Waals surface area contributed by atoms with Crippen molar-refractivity contribution < 1.29 is 4.74 Å². The first-order chi connectivity index (χ1) is 13.8. The Morgan fingerprint density at radius 1 is 1.32 bits per heavy atom. The molecular weight excluding hydrogens is 352 g/mol. The van der Waals surface area contributed by atoms with Crippen molar-refractivity contribution >= 4 is 5.96 Å². The third kappa shape index (κ3) is 8.17. The molecule has 7 nitrogen and oxygen atoms in total. The number of aliphatic imine (C=N–C) groups is 1. The van der Waals surface area contributed by atoms with Crippen molar-refractivity contribution in [3.63, 3.8) is 0 Å². The highest BCUT2D eigenvalue weighted by Crippen LogP contribution is 2.13. The van der Waals surface area contributed by atoms with Crippen molar-refractivity contribution in [3.8, 4) is 0 Å². The van der Waals surface area contributed by atoms with Gasteiger partial charge in [-0.25, -0.2) is 0 Å². The quantitative estimate of drug-likeness (QED) is 0.422. The van der Waals surface area contributed by atoms with Crippen molar-refractivity contribution in [2.24, 2.45) is 10.9 Å². The van der Waals surface area contributed by atoms with E-state index in [1.54, 1.807) is 6.33 Å². The summed E-state index contributed by atoms with van der Waals surface area (Å²) in [5, 5.41) is 15.2. The lowest BCUT2D eigenvalue weighted by atomic mass is 10.00. The summed E-state index contributed by atoms with van der Waals surface area (Å²) in [6.45, 7) is 10.9. The van der Waals surface area contributed by atoms with Crippen molar-refractivity contribution in [3.05, 3.63) is 12.2 Å². The molecule has 160 valence electrons. The zero-order valence-electron chi connectivity index (χ0n) is 18.1. The van der Waals surface area contributed by atoms with Gasteiger partial charge in [-0.2, -0.15) is 0 Å². The molecule has 2 N–H and O–H groups in total. The SMILES string of the molecule is CCCCC(CC)CN=C(NCCn1cnnc1CC)NCC1CCCCO1. The van der Waals surface area contributed by atoms with Gasteiger partial charge in [0.1, 0.15) is 12.2 Å². The summed E-state index contributed by atoms with van der Waals surface area (Å²) in [4.78, 5) is 4.89. The van der Waals surface area contributed by atoms with E-state index < -0.39 is 0 Å². The van der Waals surface area contributed by atoms with E-state index in [2.05, 4.69) is 46.2 Å². The molecule has 1 aromatic heterocycles. The van der Waals surface area contributed by atoms with E-state index in [1.807, 2.05) is 0 Å². The maximum absolute atomic E-state index is 5.86. The Morgan fingerprint density at radius 3 is 2.93 bits per heavy atom. The molecule has 1 aliphatic rings. The van der Waals surface area contributed by atoms with Gasteiger partial charge in [0.2, 0.25) is 0 Å². The number of hydrogen-bond acceptors (Lipinski definition) is 4. The molecule has 2 heterocycles. The monoisotopic (exact) mass is 392 g/mol. The van der Waals surface area contributed by atoms with Crippen LogP contribution >= 0.6 is 0 Å². The number of nitrogens with zero attached hydrogens (tertiary/aromatic N) is 4. The Hall–Kier alpha value is -1.63. The summed E-state index contributed by atoms with van der Waals surface area (Å²) in [7, 11) is 0. The van der Waals surface area contributed by atoms with Crippen molar-refractivity contribution in [1.82, 2.24) is 25.4 Å². The fourth-order valence-corrected chi connectivity index (χ4v) is 3.53. The average Bonchev–Trinajstić information content (AvgIpc) is 3.19. The summed E-state index contributed by atoms with van der Waals surface area (Å²) in [6, 6.07) is 0. The summed E-state index contributed by atoms with van der Waals surface area (Å²) in [5.41, 5.74) is 0. The highest BCUT2D eigenvalue weighted by molar-refractivity contribution is 5.79. The lowest BCUT2D eigenvalue weighted by molar-refractivity contribution is 0.0194. The molecule has 0 bridgehead atoms. The fourth-order valence-electron chi connectivity index (χ4n) is 3.53. The molecule has 0 saturated carbocycles. The molecule has 0 amide bonds. The van der Waals surface area contributed by atoms with Gasteiger partial charge in [0.15, 0.2) is 5.96 Å². The van der Waals surface area contributed by atoms with Crippen LogP contribution in [0, 0.1) is 5.92 Å². The molecule has 0 aromatic carbocycles. The first-order valence-corrected chi connectivity index (χ1v) is 11.3. The van der Waals surface area contributed by atoms with E-state index in [1.165, 1.54) is 38.5 Å². The second-order valence-electron chi connectivity index (χ2n) is 7.70. The zero-order chi connectivity index (χ0) is 20.0. The van der Waals surface area contributed by atoms with E-state index in [0.29, 0.717) is 12.0 Å². The summed E-state index contributed by atoms with van der Waals surface area (Å²) in [6.07, 6.45) is 11.6. The van der Waals surface area contributed by atoms with E-state index in [4.69, 9.17) is 9.73 Å². The maximum atomic E-state index is 5.86. The minimum absolute atomic E-state index is 0.298. The van der Waals surface area contributed by atoms with E-state index >= 15 is 0 Å². The number of guanidine groups is 1. The van der Waals surface area contributed by atoms with Crippen LogP contribution in [-0.2, 0) is 17.7 Å². The van der Waals surface area contributed by atoms with Crippen LogP contribution < -0.4 is 10.6 Å². The van der Waals surface area contributed by atoms with Gasteiger partial charge in [-0.15, -0.1) is 10.2 Å². The summed E-state index contributed by atoms with van der Waals surface area (Å²) in [5.74, 6) is 2.58. The van der Waals surface area contributed by atoms with Gasteiger partial charge in [-0.1, -0.05) is 40.0 Å². The average molecular weight is 393 g/mol. The number of hydrogen-bond donors (Lipinski definition) is 2. The normalized spacial score (nSPS) is 18.8. The Labute approximate surface area is 170 Å². The molecule has 0 spiro atoms. The molecule has 0 aliphatic carbocycles. The Kier molecular flexibility index (Phi) is 10.9. The van der Waals surface area contributed by atoms with Gasteiger partial charge in [0.25, 0.3) is 0 Å². The molecule has 28 heavy (non-hydrogen) atoms. The van der Waals surface area contributed by atoms with Gasteiger partial charge in [0.05, 0.1) is 6.10 Å². The Bertz CT molecular complexity index is 553. The molecule has 1 aromatic rings. The first kappa shape index (κ1) is 22.7. The molecular formula is C21H40N6O. The number of rotatable bonds is 12. The molecule has 2 atom stereocenters. The smallest absolute Gasteiger partial charge is 0.191 e. The minimum atomic E-state index is 0.298. The highest BCUT2D eigenvalue weighted by atomic mass is 16.5. The molecule has 7 heteroatoms. The second kappa shape index (κ2) is 13.5. The van der Waals surface area contributed by atoms with Crippen molar-refractivity contribution in [1.29, 1.82) is 0 Å². The number of aromatic nitrogens is 3. The molecule has 1 fully saturated rings. The van der Waals surface area contributed by atoms with Crippen LogP contribution in [0.2, 0.25) is 0 Å². The van der Waals surface area contributed by atoms with Gasteiger partial charge >= 0.3 is 0 Å². The van der Waals surface area contributed by atoms with Crippen molar-refractivity contribution in [2.75, 3.05) is 26.2 Å². The summed E-state index contributed by atoms with van der Waals surface area (Å²) >= 11 is 0.